The second-order valence-corrected chi connectivity index (χ2v) is 6.07. The van der Waals surface area contributed by atoms with Crippen LogP contribution in [0.3, 0.4) is 0 Å². The molecule has 0 bridgehead atoms. The molecule has 1 aliphatic rings. The number of rotatable bonds is 3. The lowest BCUT2D eigenvalue weighted by atomic mass is 10.1. The van der Waals surface area contributed by atoms with Gasteiger partial charge in [0.25, 0.3) is 5.91 Å². The van der Waals surface area contributed by atoms with Crippen LogP contribution in [0.2, 0.25) is 0 Å². The Balaban J connectivity index is 1.76. The number of likely N-dealkylation sites (tertiary alicyclic amines) is 1. The van der Waals surface area contributed by atoms with Crippen LogP contribution >= 0.6 is 11.3 Å². The number of carbonyl (C=O) groups excluding carboxylic acids is 1. The Morgan fingerprint density at radius 2 is 2.20 bits per heavy atom. The first-order valence-corrected chi connectivity index (χ1v) is 7.60. The molecule has 1 fully saturated rings. The van der Waals surface area contributed by atoms with Gasteiger partial charge in [-0.2, -0.15) is 0 Å². The summed E-state index contributed by atoms with van der Waals surface area (Å²) in [7, 11) is 0. The normalized spacial score (nSPS) is 18.4. The molecule has 1 amide bonds. The van der Waals surface area contributed by atoms with Crippen LogP contribution in [-0.4, -0.2) is 35.4 Å². The molecule has 4 nitrogen and oxygen atoms in total. The minimum Gasteiger partial charge on any atom is -0.338 e. The average Bonchev–Trinajstić information content (AvgIpc) is 3.17. The predicted molar refractivity (Wildman–Crippen MR) is 80.6 cm³/mol. The molecule has 1 aliphatic heterocycles. The molecule has 0 saturated carbocycles. The van der Waals surface area contributed by atoms with Gasteiger partial charge in [0.05, 0.1) is 6.20 Å². The molecular weight excluding hydrogens is 270 g/mol. The average molecular weight is 287 g/mol. The Morgan fingerprint density at radius 1 is 1.40 bits per heavy atom. The van der Waals surface area contributed by atoms with Crippen molar-refractivity contribution in [2.75, 3.05) is 19.6 Å². The van der Waals surface area contributed by atoms with Crippen LogP contribution in [0.4, 0.5) is 0 Å². The quantitative estimate of drug-likeness (QED) is 0.941. The van der Waals surface area contributed by atoms with Gasteiger partial charge in [0.2, 0.25) is 0 Å². The first-order valence-electron chi connectivity index (χ1n) is 6.78. The van der Waals surface area contributed by atoms with E-state index in [1.807, 2.05) is 35.2 Å². The van der Waals surface area contributed by atoms with Crippen molar-refractivity contribution in [2.45, 2.75) is 6.42 Å². The number of nitrogens with two attached hydrogens (primary N) is 1. The maximum Gasteiger partial charge on any atom is 0.265 e. The second-order valence-electron chi connectivity index (χ2n) is 5.04. The molecule has 0 aliphatic carbocycles. The van der Waals surface area contributed by atoms with Crippen LogP contribution in [0.25, 0.3) is 10.6 Å². The monoisotopic (exact) mass is 287 g/mol. The van der Waals surface area contributed by atoms with Crippen LogP contribution in [-0.2, 0) is 0 Å². The lowest BCUT2D eigenvalue weighted by Crippen LogP contribution is -2.29. The zero-order valence-corrected chi connectivity index (χ0v) is 12.0. The van der Waals surface area contributed by atoms with Crippen LogP contribution in [0, 0.1) is 5.92 Å². The Kier molecular flexibility index (Phi) is 3.80. The molecule has 2 heterocycles. The lowest BCUT2D eigenvalue weighted by Gasteiger charge is -2.14. The SMILES string of the molecule is NCC1CCN(C(=O)c2cnc(-c3ccccc3)s2)C1. The van der Waals surface area contributed by atoms with Gasteiger partial charge in [0.15, 0.2) is 0 Å². The van der Waals surface area contributed by atoms with Crippen molar-refractivity contribution < 1.29 is 4.79 Å². The van der Waals surface area contributed by atoms with Crippen molar-refractivity contribution in [3.63, 3.8) is 0 Å². The van der Waals surface area contributed by atoms with Gasteiger partial charge in [-0.1, -0.05) is 30.3 Å². The standard InChI is InChI=1S/C15H17N3OS/c16-8-11-6-7-18(10-11)15(19)13-9-17-14(20-13)12-4-2-1-3-5-12/h1-5,9,11H,6-8,10,16H2. The summed E-state index contributed by atoms with van der Waals surface area (Å²) >= 11 is 1.46. The summed E-state index contributed by atoms with van der Waals surface area (Å²) in [5.41, 5.74) is 6.72. The number of nitrogens with zero attached hydrogens (tertiary/aromatic N) is 2. The number of thiazole rings is 1. The van der Waals surface area contributed by atoms with Crippen molar-refractivity contribution in [2.24, 2.45) is 11.7 Å². The highest BCUT2D eigenvalue weighted by Gasteiger charge is 2.27. The van der Waals surface area contributed by atoms with E-state index in [1.165, 1.54) is 11.3 Å². The minimum atomic E-state index is 0.0839. The Labute approximate surface area is 122 Å². The summed E-state index contributed by atoms with van der Waals surface area (Å²) in [6.07, 6.45) is 2.69. The Bertz CT molecular complexity index is 596. The number of hydrogen-bond acceptors (Lipinski definition) is 4. The van der Waals surface area contributed by atoms with E-state index in [0.717, 1.165) is 30.1 Å². The van der Waals surface area contributed by atoms with Gasteiger partial charge in [-0.25, -0.2) is 4.98 Å². The first kappa shape index (κ1) is 13.3. The molecule has 3 rings (SSSR count). The third kappa shape index (κ3) is 2.59. The van der Waals surface area contributed by atoms with E-state index < -0.39 is 0 Å². The van der Waals surface area contributed by atoms with E-state index in [4.69, 9.17) is 5.73 Å². The molecule has 1 aromatic heterocycles. The van der Waals surface area contributed by atoms with Crippen molar-refractivity contribution >= 4 is 17.2 Å². The maximum atomic E-state index is 12.4. The molecule has 0 spiro atoms. The van der Waals surface area contributed by atoms with E-state index in [0.29, 0.717) is 17.3 Å². The smallest absolute Gasteiger partial charge is 0.265 e. The first-order chi connectivity index (χ1) is 9.78. The highest BCUT2D eigenvalue weighted by Crippen LogP contribution is 2.27. The molecule has 5 heteroatoms. The highest BCUT2D eigenvalue weighted by atomic mass is 32.1. The molecule has 1 atom stereocenters. The van der Waals surface area contributed by atoms with Gasteiger partial charge in [0.1, 0.15) is 9.88 Å². The fraction of sp³-hybridized carbons (Fsp3) is 0.333. The predicted octanol–water partition coefficient (Wildman–Crippen LogP) is 2.23. The molecule has 0 radical (unpaired) electrons. The summed E-state index contributed by atoms with van der Waals surface area (Å²) in [6, 6.07) is 9.94. The van der Waals surface area contributed by atoms with E-state index in [2.05, 4.69) is 4.98 Å². The summed E-state index contributed by atoms with van der Waals surface area (Å²) in [4.78, 5) is 19.4. The van der Waals surface area contributed by atoms with Gasteiger partial charge < -0.3 is 10.6 Å². The number of benzene rings is 1. The fourth-order valence-corrected chi connectivity index (χ4v) is 3.34. The Hall–Kier alpha value is -1.72. The number of aromatic nitrogens is 1. The summed E-state index contributed by atoms with van der Waals surface area (Å²) in [5, 5.41) is 0.892. The van der Waals surface area contributed by atoms with Crippen molar-refractivity contribution in [1.29, 1.82) is 0 Å². The minimum absolute atomic E-state index is 0.0839. The third-order valence-electron chi connectivity index (χ3n) is 3.64. The fourth-order valence-electron chi connectivity index (χ4n) is 2.45. The molecule has 2 aromatic rings. The molecule has 104 valence electrons. The lowest BCUT2D eigenvalue weighted by molar-refractivity contribution is 0.0792. The summed E-state index contributed by atoms with van der Waals surface area (Å²) in [5.74, 6) is 0.529. The largest absolute Gasteiger partial charge is 0.338 e. The van der Waals surface area contributed by atoms with E-state index in [9.17, 15) is 4.79 Å². The van der Waals surface area contributed by atoms with Gasteiger partial charge in [-0.15, -0.1) is 11.3 Å². The van der Waals surface area contributed by atoms with Gasteiger partial charge in [-0.3, -0.25) is 4.79 Å². The second kappa shape index (κ2) is 5.73. The summed E-state index contributed by atoms with van der Waals surface area (Å²) in [6.45, 7) is 2.23. The van der Waals surface area contributed by atoms with Crippen LogP contribution in [0.1, 0.15) is 16.1 Å². The van der Waals surface area contributed by atoms with E-state index in [1.54, 1.807) is 6.20 Å². The van der Waals surface area contributed by atoms with E-state index in [-0.39, 0.29) is 5.91 Å². The number of hydrogen-bond donors (Lipinski definition) is 1. The molecule has 1 saturated heterocycles. The van der Waals surface area contributed by atoms with Crippen molar-refractivity contribution in [1.82, 2.24) is 9.88 Å². The number of carbonyl (C=O) groups is 1. The van der Waals surface area contributed by atoms with Crippen molar-refractivity contribution in [3.8, 4) is 10.6 Å². The Morgan fingerprint density at radius 3 is 2.90 bits per heavy atom. The number of amides is 1. The highest BCUT2D eigenvalue weighted by molar-refractivity contribution is 7.16. The molecular formula is C15H17N3OS. The molecule has 20 heavy (non-hydrogen) atoms. The van der Waals surface area contributed by atoms with Gasteiger partial charge in [-0.05, 0) is 18.9 Å². The maximum absolute atomic E-state index is 12.4. The van der Waals surface area contributed by atoms with E-state index >= 15 is 0 Å². The zero-order valence-electron chi connectivity index (χ0n) is 11.2. The topological polar surface area (TPSA) is 59.2 Å². The van der Waals surface area contributed by atoms with Crippen LogP contribution in [0.15, 0.2) is 36.5 Å². The van der Waals surface area contributed by atoms with Crippen LogP contribution in [0.5, 0.6) is 0 Å². The third-order valence-corrected chi connectivity index (χ3v) is 4.68. The summed E-state index contributed by atoms with van der Waals surface area (Å²) < 4.78 is 0. The molecule has 2 N–H and O–H groups in total. The van der Waals surface area contributed by atoms with Gasteiger partial charge >= 0.3 is 0 Å². The molecule has 1 unspecified atom stereocenters. The van der Waals surface area contributed by atoms with Crippen LogP contribution < -0.4 is 5.73 Å². The molecule has 1 aromatic carbocycles. The zero-order chi connectivity index (χ0) is 13.9. The van der Waals surface area contributed by atoms with Gasteiger partial charge in [0, 0.05) is 18.7 Å². The van der Waals surface area contributed by atoms with Crippen molar-refractivity contribution in [3.05, 3.63) is 41.4 Å².